The Kier molecular flexibility index (Phi) is 5.02. The average Bonchev–Trinajstić information content (AvgIpc) is 3.21. The van der Waals surface area contributed by atoms with Gasteiger partial charge in [0.25, 0.3) is 0 Å². The normalized spacial score (nSPS) is 20.1. The Bertz CT molecular complexity index is 675. The summed E-state index contributed by atoms with van der Waals surface area (Å²) in [5.74, 6) is -7.26. The van der Waals surface area contributed by atoms with Crippen molar-refractivity contribution in [3.8, 4) is 0 Å². The number of esters is 1. The second kappa shape index (κ2) is 6.80. The van der Waals surface area contributed by atoms with Crippen LogP contribution in [-0.4, -0.2) is 30.6 Å². The Morgan fingerprint density at radius 1 is 1.30 bits per heavy atom. The third-order valence-electron chi connectivity index (χ3n) is 3.17. The molecule has 1 aromatic rings. The zero-order valence-corrected chi connectivity index (χ0v) is 12.0. The number of carbonyl (C=O) groups excluding carboxylic acids is 2. The van der Waals surface area contributed by atoms with Gasteiger partial charge in [0.2, 0.25) is 5.78 Å². The molecular weight excluding hydrogens is 318 g/mol. The van der Waals surface area contributed by atoms with Crippen molar-refractivity contribution >= 4 is 11.8 Å². The molecule has 0 aromatic heterocycles. The van der Waals surface area contributed by atoms with Gasteiger partial charge >= 0.3 is 5.97 Å². The van der Waals surface area contributed by atoms with Gasteiger partial charge in [-0.05, 0) is 19.1 Å². The van der Waals surface area contributed by atoms with Gasteiger partial charge in [0.15, 0.2) is 17.5 Å². The monoisotopic (exact) mass is 331 g/mol. The number of nitrogens with one attached hydrogen (secondary N) is 1. The Morgan fingerprint density at radius 3 is 2.52 bits per heavy atom. The summed E-state index contributed by atoms with van der Waals surface area (Å²) in [6, 6.07) is 0.737. The molecule has 0 saturated heterocycles. The van der Waals surface area contributed by atoms with Crippen molar-refractivity contribution in [1.82, 2.24) is 5.32 Å². The van der Waals surface area contributed by atoms with Gasteiger partial charge in [-0.15, -0.1) is 0 Å². The highest BCUT2D eigenvalue weighted by atomic mass is 19.2. The first-order valence-corrected chi connectivity index (χ1v) is 6.82. The number of hydrogen-bond acceptors (Lipinski definition) is 4. The van der Waals surface area contributed by atoms with Crippen molar-refractivity contribution in [2.24, 2.45) is 0 Å². The third-order valence-corrected chi connectivity index (χ3v) is 3.17. The van der Waals surface area contributed by atoms with Crippen LogP contribution in [0.1, 0.15) is 23.7 Å². The van der Waals surface area contributed by atoms with Crippen LogP contribution in [0.15, 0.2) is 23.9 Å². The van der Waals surface area contributed by atoms with E-state index in [1.165, 1.54) is 6.92 Å². The molecule has 0 bridgehead atoms. The van der Waals surface area contributed by atoms with Crippen LogP contribution in [0.5, 0.6) is 0 Å². The lowest BCUT2D eigenvalue weighted by Crippen LogP contribution is -2.22. The maximum atomic E-state index is 13.7. The smallest absolute Gasteiger partial charge is 0.343 e. The Balaban J connectivity index is 2.32. The highest BCUT2D eigenvalue weighted by molar-refractivity contribution is 6.24. The van der Waals surface area contributed by atoms with Crippen LogP contribution >= 0.6 is 0 Å². The number of ketones is 1. The summed E-state index contributed by atoms with van der Waals surface area (Å²) < 4.78 is 57.3. The molecule has 1 aliphatic carbocycles. The Labute approximate surface area is 129 Å². The highest BCUT2D eigenvalue weighted by Crippen LogP contribution is 2.25. The van der Waals surface area contributed by atoms with Gasteiger partial charge in [-0.2, -0.15) is 0 Å². The number of Topliss-reactive ketones (excluding diaryl/α,β-unsaturated/α-hetero) is 1. The van der Waals surface area contributed by atoms with E-state index in [1.54, 1.807) is 0 Å². The van der Waals surface area contributed by atoms with Crippen LogP contribution < -0.4 is 5.32 Å². The first kappa shape index (κ1) is 17.0. The Hall–Kier alpha value is -2.38. The van der Waals surface area contributed by atoms with Crippen molar-refractivity contribution in [3.05, 3.63) is 46.9 Å². The van der Waals surface area contributed by atoms with E-state index < -0.39 is 52.6 Å². The molecule has 124 valence electrons. The van der Waals surface area contributed by atoms with Gasteiger partial charge in [-0.25, -0.2) is 22.4 Å². The minimum Gasteiger partial charge on any atom is -0.462 e. The molecule has 23 heavy (non-hydrogen) atoms. The molecule has 4 nitrogen and oxygen atoms in total. The minimum atomic E-state index is -1.82. The first-order chi connectivity index (χ1) is 10.9. The van der Waals surface area contributed by atoms with Gasteiger partial charge in [0.1, 0.15) is 11.7 Å². The summed E-state index contributed by atoms with van der Waals surface area (Å²) in [5.41, 5.74) is -1.45. The number of ether oxygens (including phenoxy) is 1. The highest BCUT2D eigenvalue weighted by Gasteiger charge is 2.37. The minimum absolute atomic E-state index is 0.0567. The fraction of sp³-hybridized carbons (Fsp3) is 0.333. The molecule has 2 unspecified atom stereocenters. The van der Waals surface area contributed by atoms with E-state index in [4.69, 9.17) is 0 Å². The second-order valence-corrected chi connectivity index (χ2v) is 4.86. The average molecular weight is 331 g/mol. The lowest BCUT2D eigenvalue weighted by molar-refractivity contribution is -0.138. The predicted molar refractivity (Wildman–Crippen MR) is 71.8 cm³/mol. The molecule has 2 rings (SSSR count). The summed E-state index contributed by atoms with van der Waals surface area (Å²) in [5, 5.41) is 2.49. The van der Waals surface area contributed by atoms with Crippen molar-refractivity contribution in [2.45, 2.75) is 25.6 Å². The number of halogens is 4. The summed E-state index contributed by atoms with van der Waals surface area (Å²) in [7, 11) is 0. The molecule has 1 N–H and O–H groups in total. The molecule has 1 fully saturated rings. The second-order valence-electron chi connectivity index (χ2n) is 4.86. The van der Waals surface area contributed by atoms with Crippen molar-refractivity contribution in [2.75, 3.05) is 6.61 Å². The fourth-order valence-electron chi connectivity index (χ4n) is 1.80. The van der Waals surface area contributed by atoms with E-state index in [2.05, 4.69) is 10.1 Å². The Morgan fingerprint density at radius 2 is 1.96 bits per heavy atom. The lowest BCUT2D eigenvalue weighted by Gasteiger charge is -2.08. The molecule has 0 amide bonds. The number of rotatable bonds is 6. The SMILES string of the molecule is CCOC(=O)/C(=C\NC1CC1F)C(=O)c1ccc(F)c(F)c1F. The topological polar surface area (TPSA) is 55.4 Å². The molecule has 0 radical (unpaired) electrons. The summed E-state index contributed by atoms with van der Waals surface area (Å²) >= 11 is 0. The molecule has 0 spiro atoms. The summed E-state index contributed by atoms with van der Waals surface area (Å²) in [6.07, 6.45) is 0.0100. The molecule has 8 heteroatoms. The summed E-state index contributed by atoms with van der Waals surface area (Å²) in [6.45, 7) is 1.43. The molecule has 2 atom stereocenters. The van der Waals surface area contributed by atoms with E-state index >= 15 is 0 Å². The van der Waals surface area contributed by atoms with Crippen LogP contribution in [0.4, 0.5) is 17.6 Å². The van der Waals surface area contributed by atoms with Crippen molar-refractivity contribution < 1.29 is 31.9 Å². The molecular formula is C15H13F4NO3. The van der Waals surface area contributed by atoms with Gasteiger partial charge in [-0.1, -0.05) is 0 Å². The molecule has 0 aliphatic heterocycles. The van der Waals surface area contributed by atoms with Crippen LogP contribution in [0.2, 0.25) is 0 Å². The van der Waals surface area contributed by atoms with E-state index in [-0.39, 0.29) is 13.0 Å². The first-order valence-electron chi connectivity index (χ1n) is 6.82. The number of benzene rings is 1. The number of alkyl halides is 1. The zero-order valence-electron chi connectivity index (χ0n) is 12.0. The van der Waals surface area contributed by atoms with Crippen LogP contribution in [0.25, 0.3) is 0 Å². The standard InChI is InChI=1S/C15H13F4NO3/c1-2-23-15(22)8(6-20-11-5-10(11)17)14(21)7-3-4-9(16)13(19)12(7)18/h3-4,6,10-11,20H,2,5H2,1H3/b8-6-. The van der Waals surface area contributed by atoms with E-state index in [9.17, 15) is 27.2 Å². The fourth-order valence-corrected chi connectivity index (χ4v) is 1.80. The third kappa shape index (κ3) is 3.69. The molecule has 1 saturated carbocycles. The van der Waals surface area contributed by atoms with Crippen molar-refractivity contribution in [1.29, 1.82) is 0 Å². The van der Waals surface area contributed by atoms with Crippen LogP contribution in [-0.2, 0) is 9.53 Å². The summed E-state index contributed by atoms with van der Waals surface area (Å²) in [4.78, 5) is 24.0. The van der Waals surface area contributed by atoms with Gasteiger partial charge in [0.05, 0.1) is 18.2 Å². The number of hydrogen-bond donors (Lipinski definition) is 1. The maximum absolute atomic E-state index is 13.7. The maximum Gasteiger partial charge on any atom is 0.343 e. The predicted octanol–water partition coefficient (Wildman–Crippen LogP) is 2.43. The van der Waals surface area contributed by atoms with Crippen LogP contribution in [0.3, 0.4) is 0 Å². The largest absolute Gasteiger partial charge is 0.462 e. The lowest BCUT2D eigenvalue weighted by atomic mass is 10.0. The van der Waals surface area contributed by atoms with Gasteiger partial charge in [-0.3, -0.25) is 4.79 Å². The van der Waals surface area contributed by atoms with Gasteiger partial charge in [0, 0.05) is 12.6 Å². The molecule has 1 aromatic carbocycles. The van der Waals surface area contributed by atoms with E-state index in [1.807, 2.05) is 0 Å². The quantitative estimate of drug-likeness (QED) is 0.165. The van der Waals surface area contributed by atoms with Gasteiger partial charge < -0.3 is 10.1 Å². The molecule has 0 heterocycles. The van der Waals surface area contributed by atoms with Crippen molar-refractivity contribution in [3.63, 3.8) is 0 Å². The van der Waals surface area contributed by atoms with E-state index in [0.717, 1.165) is 12.3 Å². The number of carbonyl (C=O) groups is 2. The molecule has 1 aliphatic rings. The van der Waals surface area contributed by atoms with E-state index in [0.29, 0.717) is 6.07 Å². The van der Waals surface area contributed by atoms with Crippen LogP contribution in [0, 0.1) is 17.5 Å². The zero-order chi connectivity index (χ0) is 17.1.